The van der Waals surface area contributed by atoms with E-state index in [1.54, 1.807) is 0 Å². The highest BCUT2D eigenvalue weighted by Gasteiger charge is 2.02. The lowest BCUT2D eigenvalue weighted by atomic mass is 10.2. The minimum Gasteiger partial charge on any atom is -0.480 e. The second-order valence-corrected chi connectivity index (χ2v) is 5.26. The highest BCUT2D eigenvalue weighted by Crippen LogP contribution is 2.22. The van der Waals surface area contributed by atoms with Crippen LogP contribution in [-0.2, 0) is 6.54 Å². The maximum Gasteiger partial charge on any atom is 0.148 e. The van der Waals surface area contributed by atoms with E-state index in [-0.39, 0.29) is 0 Å². The van der Waals surface area contributed by atoms with Gasteiger partial charge in [-0.1, -0.05) is 30.2 Å². The van der Waals surface area contributed by atoms with Crippen molar-refractivity contribution in [1.82, 2.24) is 5.43 Å². The highest BCUT2D eigenvalue weighted by atomic mass is 127. The van der Waals surface area contributed by atoms with Crippen LogP contribution >= 0.6 is 22.6 Å². The zero-order valence-electron chi connectivity index (χ0n) is 10.9. The molecular weight excluding hydrogens is 363 g/mol. The molecule has 102 valence electrons. The van der Waals surface area contributed by atoms with Crippen LogP contribution in [0.3, 0.4) is 0 Å². The number of hydrogen-bond donors (Lipinski definition) is 2. The van der Waals surface area contributed by atoms with Crippen LogP contribution in [0.4, 0.5) is 5.69 Å². The Balaban J connectivity index is 1.87. The molecule has 0 saturated heterocycles. The molecule has 0 fully saturated rings. The van der Waals surface area contributed by atoms with Gasteiger partial charge in [0.05, 0.1) is 3.57 Å². The van der Waals surface area contributed by atoms with E-state index in [1.165, 1.54) is 5.56 Å². The Labute approximate surface area is 132 Å². The molecule has 0 atom stereocenters. The average Bonchev–Trinajstić information content (AvgIpc) is 2.47. The molecule has 0 amide bonds. The Kier molecular flexibility index (Phi) is 5.71. The van der Waals surface area contributed by atoms with Crippen molar-refractivity contribution < 1.29 is 4.74 Å². The van der Waals surface area contributed by atoms with Crippen LogP contribution in [0.25, 0.3) is 0 Å². The third-order valence-electron chi connectivity index (χ3n) is 2.61. The lowest BCUT2D eigenvalue weighted by molar-refractivity contribution is 0.367. The zero-order chi connectivity index (χ0) is 14.2. The van der Waals surface area contributed by atoms with Gasteiger partial charge in [0, 0.05) is 12.2 Å². The highest BCUT2D eigenvalue weighted by molar-refractivity contribution is 14.1. The van der Waals surface area contributed by atoms with Gasteiger partial charge in [-0.05, 0) is 52.4 Å². The van der Waals surface area contributed by atoms with Gasteiger partial charge in [-0.25, -0.2) is 5.43 Å². The summed E-state index contributed by atoms with van der Waals surface area (Å²) >= 11 is 2.25. The Morgan fingerprint density at radius 1 is 1.15 bits per heavy atom. The van der Waals surface area contributed by atoms with Crippen molar-refractivity contribution in [2.24, 2.45) is 0 Å². The van der Waals surface area contributed by atoms with E-state index in [1.807, 2.05) is 42.5 Å². The predicted molar refractivity (Wildman–Crippen MR) is 90.4 cm³/mol. The van der Waals surface area contributed by atoms with Crippen LogP contribution in [0.15, 0.2) is 48.5 Å². The number of hydrazine groups is 1. The monoisotopic (exact) mass is 378 g/mol. The number of benzene rings is 2. The summed E-state index contributed by atoms with van der Waals surface area (Å²) in [4.78, 5) is 0. The fourth-order valence-electron chi connectivity index (χ4n) is 1.66. The van der Waals surface area contributed by atoms with Crippen molar-refractivity contribution in [3.8, 4) is 18.1 Å². The molecule has 0 aliphatic heterocycles. The first kappa shape index (κ1) is 14.7. The van der Waals surface area contributed by atoms with Gasteiger partial charge in [-0.15, -0.1) is 6.42 Å². The molecule has 2 aromatic carbocycles. The third kappa shape index (κ3) is 4.44. The smallest absolute Gasteiger partial charge is 0.148 e. The van der Waals surface area contributed by atoms with Crippen molar-refractivity contribution in [3.05, 3.63) is 57.7 Å². The molecule has 0 spiro atoms. The molecule has 0 aromatic heterocycles. The minimum absolute atomic E-state index is 0.295. The van der Waals surface area contributed by atoms with Crippen LogP contribution in [0.1, 0.15) is 5.56 Å². The van der Waals surface area contributed by atoms with Gasteiger partial charge in [0.2, 0.25) is 0 Å². The zero-order valence-corrected chi connectivity index (χ0v) is 13.1. The SMILES string of the molecule is C#CCOc1ccc(CNNc2ccccc2)cc1I. The number of anilines is 1. The molecule has 4 heteroatoms. The largest absolute Gasteiger partial charge is 0.480 e. The van der Waals surface area contributed by atoms with Crippen molar-refractivity contribution in [2.45, 2.75) is 6.54 Å². The molecule has 0 heterocycles. The Hall–Kier alpha value is -1.71. The Morgan fingerprint density at radius 3 is 2.65 bits per heavy atom. The van der Waals surface area contributed by atoms with Gasteiger partial charge < -0.3 is 10.2 Å². The number of rotatable bonds is 6. The van der Waals surface area contributed by atoms with Crippen molar-refractivity contribution in [1.29, 1.82) is 0 Å². The molecule has 0 aliphatic carbocycles. The quantitative estimate of drug-likeness (QED) is 0.459. The summed E-state index contributed by atoms with van der Waals surface area (Å²) in [6.07, 6.45) is 5.18. The van der Waals surface area contributed by atoms with Crippen LogP contribution < -0.4 is 15.6 Å². The lowest BCUT2D eigenvalue weighted by Gasteiger charge is -2.10. The van der Waals surface area contributed by atoms with Crippen LogP contribution in [0, 0.1) is 15.9 Å². The normalized spacial score (nSPS) is 9.80. The summed E-state index contributed by atoms with van der Waals surface area (Å²) in [5, 5.41) is 0. The summed E-state index contributed by atoms with van der Waals surface area (Å²) in [6, 6.07) is 16.0. The topological polar surface area (TPSA) is 33.3 Å². The third-order valence-corrected chi connectivity index (χ3v) is 3.45. The average molecular weight is 378 g/mol. The van der Waals surface area contributed by atoms with E-state index < -0.39 is 0 Å². The molecule has 2 N–H and O–H groups in total. The van der Waals surface area contributed by atoms with Crippen LogP contribution in [0.5, 0.6) is 5.75 Å². The van der Waals surface area contributed by atoms with Crippen molar-refractivity contribution >= 4 is 28.3 Å². The minimum atomic E-state index is 0.295. The number of hydrogen-bond acceptors (Lipinski definition) is 3. The second-order valence-electron chi connectivity index (χ2n) is 4.10. The predicted octanol–water partition coefficient (Wildman–Crippen LogP) is 3.42. The number of halogens is 1. The summed E-state index contributed by atoms with van der Waals surface area (Å²) < 4.78 is 6.49. The van der Waals surface area contributed by atoms with E-state index in [0.717, 1.165) is 21.6 Å². The van der Waals surface area contributed by atoms with Gasteiger partial charge >= 0.3 is 0 Å². The summed E-state index contributed by atoms with van der Waals surface area (Å²) in [6.45, 7) is 1.02. The first-order valence-electron chi connectivity index (χ1n) is 6.18. The standard InChI is InChI=1S/C16H15IN2O/c1-2-10-20-16-9-8-13(11-15(16)17)12-18-19-14-6-4-3-5-7-14/h1,3-9,11,18-19H,10,12H2. The van der Waals surface area contributed by atoms with Crippen LogP contribution in [0.2, 0.25) is 0 Å². The number of terminal acetylenes is 1. The molecule has 0 aliphatic rings. The van der Waals surface area contributed by atoms with Crippen molar-refractivity contribution in [2.75, 3.05) is 12.0 Å². The Morgan fingerprint density at radius 2 is 1.95 bits per heavy atom. The van der Waals surface area contributed by atoms with Gasteiger partial charge in [-0.2, -0.15) is 0 Å². The lowest BCUT2D eigenvalue weighted by Crippen LogP contribution is -2.20. The number of ether oxygens (including phenoxy) is 1. The first-order valence-corrected chi connectivity index (χ1v) is 7.26. The first-order chi connectivity index (χ1) is 9.79. The number of nitrogens with one attached hydrogen (secondary N) is 2. The number of para-hydroxylation sites is 1. The fraction of sp³-hybridized carbons (Fsp3) is 0.125. The summed E-state index contributed by atoms with van der Waals surface area (Å²) in [5.74, 6) is 3.29. The van der Waals surface area contributed by atoms with Gasteiger partial charge in [-0.3, -0.25) is 0 Å². The van der Waals surface area contributed by atoms with E-state index in [0.29, 0.717) is 6.61 Å². The molecule has 2 rings (SSSR count). The molecule has 20 heavy (non-hydrogen) atoms. The van der Waals surface area contributed by atoms with E-state index in [2.05, 4.69) is 45.4 Å². The summed E-state index contributed by atoms with van der Waals surface area (Å²) in [5.41, 5.74) is 8.54. The Bertz CT molecular complexity index is 593. The molecule has 0 bridgehead atoms. The molecule has 0 saturated carbocycles. The van der Waals surface area contributed by atoms with Crippen molar-refractivity contribution in [3.63, 3.8) is 0 Å². The second kappa shape index (κ2) is 7.78. The van der Waals surface area contributed by atoms with Gasteiger partial charge in [0.1, 0.15) is 12.4 Å². The van der Waals surface area contributed by atoms with Gasteiger partial charge in [0.15, 0.2) is 0 Å². The van der Waals surface area contributed by atoms with Crippen LogP contribution in [-0.4, -0.2) is 6.61 Å². The van der Waals surface area contributed by atoms with E-state index in [9.17, 15) is 0 Å². The molecule has 3 nitrogen and oxygen atoms in total. The maximum atomic E-state index is 5.44. The van der Waals surface area contributed by atoms with E-state index >= 15 is 0 Å². The van der Waals surface area contributed by atoms with E-state index in [4.69, 9.17) is 11.2 Å². The summed E-state index contributed by atoms with van der Waals surface area (Å²) in [7, 11) is 0. The molecular formula is C16H15IN2O. The van der Waals surface area contributed by atoms with Gasteiger partial charge in [0.25, 0.3) is 0 Å². The molecule has 0 radical (unpaired) electrons. The fourth-order valence-corrected chi connectivity index (χ4v) is 2.40. The maximum absolute atomic E-state index is 5.44. The molecule has 0 unspecified atom stereocenters. The molecule has 2 aromatic rings.